The van der Waals surface area contributed by atoms with Crippen LogP contribution < -0.4 is 4.74 Å². The highest BCUT2D eigenvalue weighted by atomic mass is 79.9. The molecule has 0 aliphatic heterocycles. The summed E-state index contributed by atoms with van der Waals surface area (Å²) in [5.74, 6) is 0.903. The van der Waals surface area contributed by atoms with E-state index >= 15 is 0 Å². The van der Waals surface area contributed by atoms with Crippen LogP contribution in [0.4, 0.5) is 0 Å². The monoisotopic (exact) mass is 346 g/mol. The fraction of sp³-hybridized carbons (Fsp3) is 0.538. The Morgan fingerprint density at radius 3 is 2.56 bits per heavy atom. The first-order valence-electron chi connectivity index (χ1n) is 5.54. The van der Waals surface area contributed by atoms with E-state index in [0.717, 1.165) is 16.6 Å². The van der Waals surface area contributed by atoms with Crippen molar-refractivity contribution in [2.24, 2.45) is 5.41 Å². The van der Waals surface area contributed by atoms with E-state index in [1.807, 2.05) is 6.07 Å². The number of benzene rings is 1. The molecule has 0 bridgehead atoms. The lowest BCUT2D eigenvalue weighted by atomic mass is 9.94. The predicted octanol–water partition coefficient (Wildman–Crippen LogP) is 4.56. The Balaban J connectivity index is 2.14. The Morgan fingerprint density at radius 2 is 2.12 bits per heavy atom. The highest BCUT2D eigenvalue weighted by molar-refractivity contribution is 9.10. The minimum absolute atomic E-state index is 0.494. The smallest absolute Gasteiger partial charge is 0.133 e. The molecule has 1 atom stereocenters. The summed E-state index contributed by atoms with van der Waals surface area (Å²) in [6.45, 7) is 2.26. The Hall–Kier alpha value is -0.0200. The third-order valence-corrected chi connectivity index (χ3v) is 5.10. The van der Waals surface area contributed by atoms with Gasteiger partial charge in [0.2, 0.25) is 0 Å². The summed E-state index contributed by atoms with van der Waals surface area (Å²) >= 11 is 7.26. The Kier molecular flexibility index (Phi) is 3.65. The number of methoxy groups -OCH3 is 1. The molecule has 0 amide bonds. The molecule has 1 fully saturated rings. The van der Waals surface area contributed by atoms with Crippen molar-refractivity contribution in [2.45, 2.75) is 31.0 Å². The largest absolute Gasteiger partial charge is 0.496 e. The zero-order valence-electron chi connectivity index (χ0n) is 9.59. The van der Waals surface area contributed by atoms with Gasteiger partial charge in [-0.25, -0.2) is 0 Å². The maximum atomic E-state index is 5.24. The van der Waals surface area contributed by atoms with Crippen molar-refractivity contribution in [2.75, 3.05) is 7.11 Å². The van der Waals surface area contributed by atoms with Gasteiger partial charge in [0, 0.05) is 4.83 Å². The van der Waals surface area contributed by atoms with Gasteiger partial charge in [-0.1, -0.05) is 28.9 Å². The number of ether oxygens (including phenoxy) is 1. The van der Waals surface area contributed by atoms with Crippen molar-refractivity contribution in [1.82, 2.24) is 0 Å². The lowest BCUT2D eigenvalue weighted by Gasteiger charge is -2.18. The van der Waals surface area contributed by atoms with E-state index in [0.29, 0.717) is 10.2 Å². The van der Waals surface area contributed by atoms with Crippen molar-refractivity contribution < 1.29 is 4.74 Å². The molecule has 1 nitrogen and oxygen atoms in total. The molecular formula is C13H16Br2O. The van der Waals surface area contributed by atoms with Gasteiger partial charge in [-0.2, -0.15) is 0 Å². The van der Waals surface area contributed by atoms with E-state index in [4.69, 9.17) is 4.74 Å². The molecular weight excluding hydrogens is 332 g/mol. The van der Waals surface area contributed by atoms with Gasteiger partial charge in [-0.05, 0) is 58.3 Å². The number of hydrogen-bond acceptors (Lipinski definition) is 1. The Morgan fingerprint density at radius 1 is 1.44 bits per heavy atom. The molecule has 0 N–H and O–H groups in total. The minimum atomic E-state index is 0.494. The highest BCUT2D eigenvalue weighted by Gasteiger charge is 2.46. The van der Waals surface area contributed by atoms with Crippen molar-refractivity contribution >= 4 is 31.9 Å². The first kappa shape index (κ1) is 12.4. The van der Waals surface area contributed by atoms with Gasteiger partial charge in [0.1, 0.15) is 5.75 Å². The summed E-state index contributed by atoms with van der Waals surface area (Å²) in [6, 6.07) is 6.38. The SMILES string of the molecule is COc1ccc(CC2(C(C)Br)CC2)cc1Br. The van der Waals surface area contributed by atoms with E-state index in [1.165, 1.54) is 18.4 Å². The van der Waals surface area contributed by atoms with Gasteiger partial charge in [0.15, 0.2) is 0 Å². The number of alkyl halides is 1. The summed E-state index contributed by atoms with van der Waals surface area (Å²) in [7, 11) is 1.70. The molecule has 1 unspecified atom stereocenters. The molecule has 0 aromatic heterocycles. The average Bonchev–Trinajstić information content (AvgIpc) is 2.99. The van der Waals surface area contributed by atoms with Gasteiger partial charge in [0.25, 0.3) is 0 Å². The van der Waals surface area contributed by atoms with Crippen molar-refractivity contribution in [3.63, 3.8) is 0 Å². The lowest BCUT2D eigenvalue weighted by Crippen LogP contribution is -2.15. The van der Waals surface area contributed by atoms with Crippen molar-refractivity contribution in [1.29, 1.82) is 0 Å². The van der Waals surface area contributed by atoms with Crippen molar-refractivity contribution in [3.8, 4) is 5.75 Å². The van der Waals surface area contributed by atoms with E-state index in [2.05, 4.69) is 50.9 Å². The van der Waals surface area contributed by atoms with Crippen LogP contribution in [0.25, 0.3) is 0 Å². The fourth-order valence-electron chi connectivity index (χ4n) is 2.10. The maximum Gasteiger partial charge on any atom is 0.133 e. The molecule has 1 aromatic carbocycles. The zero-order valence-corrected chi connectivity index (χ0v) is 12.8. The third-order valence-electron chi connectivity index (χ3n) is 3.51. The fourth-order valence-corrected chi connectivity index (χ4v) is 3.31. The molecule has 0 heterocycles. The van der Waals surface area contributed by atoms with Crippen LogP contribution in [0.15, 0.2) is 22.7 Å². The summed E-state index contributed by atoms with van der Waals surface area (Å²) < 4.78 is 6.28. The quantitative estimate of drug-likeness (QED) is 0.725. The molecule has 0 radical (unpaired) electrons. The summed E-state index contributed by atoms with van der Waals surface area (Å²) in [5, 5.41) is 0. The van der Waals surface area contributed by atoms with Crippen LogP contribution in [-0.2, 0) is 6.42 Å². The molecule has 1 aromatic rings. The number of rotatable bonds is 4. The van der Waals surface area contributed by atoms with Crippen LogP contribution in [-0.4, -0.2) is 11.9 Å². The van der Waals surface area contributed by atoms with Crippen LogP contribution in [0.5, 0.6) is 5.75 Å². The predicted molar refractivity (Wildman–Crippen MR) is 74.5 cm³/mol. The van der Waals surface area contributed by atoms with E-state index in [1.54, 1.807) is 7.11 Å². The molecule has 0 saturated heterocycles. The van der Waals surface area contributed by atoms with Crippen LogP contribution in [0.1, 0.15) is 25.3 Å². The lowest BCUT2D eigenvalue weighted by molar-refractivity contribution is 0.411. The van der Waals surface area contributed by atoms with E-state index in [-0.39, 0.29) is 0 Å². The Bertz CT molecular complexity index is 384. The first-order chi connectivity index (χ1) is 7.57. The summed E-state index contributed by atoms with van der Waals surface area (Å²) in [4.78, 5) is 0.598. The second kappa shape index (κ2) is 4.69. The molecule has 3 heteroatoms. The van der Waals surface area contributed by atoms with Gasteiger partial charge >= 0.3 is 0 Å². The minimum Gasteiger partial charge on any atom is -0.496 e. The van der Waals surface area contributed by atoms with Gasteiger partial charge in [-0.15, -0.1) is 0 Å². The number of hydrogen-bond donors (Lipinski definition) is 0. The zero-order chi connectivity index (χ0) is 11.8. The molecule has 1 aliphatic carbocycles. The second-order valence-electron chi connectivity index (χ2n) is 4.62. The highest BCUT2D eigenvalue weighted by Crippen LogP contribution is 2.54. The molecule has 88 valence electrons. The van der Waals surface area contributed by atoms with Gasteiger partial charge in [0.05, 0.1) is 11.6 Å². The van der Waals surface area contributed by atoms with Crippen molar-refractivity contribution in [3.05, 3.63) is 28.2 Å². The van der Waals surface area contributed by atoms with Gasteiger partial charge in [-0.3, -0.25) is 0 Å². The van der Waals surface area contributed by atoms with E-state index < -0.39 is 0 Å². The van der Waals surface area contributed by atoms with Crippen LogP contribution in [0.3, 0.4) is 0 Å². The number of halogens is 2. The second-order valence-corrected chi connectivity index (χ2v) is 6.85. The van der Waals surface area contributed by atoms with E-state index in [9.17, 15) is 0 Å². The summed E-state index contributed by atoms with van der Waals surface area (Å²) in [5.41, 5.74) is 1.88. The van der Waals surface area contributed by atoms with Gasteiger partial charge < -0.3 is 4.74 Å². The maximum absolute atomic E-state index is 5.24. The van der Waals surface area contributed by atoms with Crippen LogP contribution in [0, 0.1) is 5.41 Å². The standard InChI is InChI=1S/C13H16Br2O/c1-9(14)13(5-6-13)8-10-3-4-12(16-2)11(15)7-10/h3-4,7,9H,5-6,8H2,1-2H3. The molecule has 2 rings (SSSR count). The topological polar surface area (TPSA) is 9.23 Å². The third kappa shape index (κ3) is 2.45. The molecule has 0 spiro atoms. The van der Waals surface area contributed by atoms with Crippen LogP contribution in [0.2, 0.25) is 0 Å². The van der Waals surface area contributed by atoms with Crippen LogP contribution >= 0.6 is 31.9 Å². The first-order valence-corrected chi connectivity index (χ1v) is 7.25. The average molecular weight is 348 g/mol. The molecule has 16 heavy (non-hydrogen) atoms. The normalized spacial score (nSPS) is 19.2. The summed E-state index contributed by atoms with van der Waals surface area (Å²) in [6.07, 6.45) is 3.83. The molecule has 1 aliphatic rings. The Labute approximate surface area is 114 Å². The molecule has 1 saturated carbocycles.